The standard InChI is InChI=1S/C23H34N4O3S/c1-17(2)19-7-9-20(10-8-19)27-23(25-14-13-21-4-3-15-30-21)26-16-18-5-11-22(12-6-18)31(24,28)29/h3-6,11-12,15,17,19-20H,7-10,13-14,16H2,1-2H3,(H2,24,28,29)(H2,25,26,27). The van der Waals surface area contributed by atoms with Crippen LogP contribution in [-0.4, -0.2) is 27.0 Å². The fourth-order valence-corrected chi connectivity index (χ4v) is 4.51. The SMILES string of the molecule is CC(C)C1CCC(NC(=NCc2ccc(S(N)(=O)=O)cc2)NCCc2ccco2)CC1. The molecule has 0 aliphatic heterocycles. The van der Waals surface area contributed by atoms with Crippen LogP contribution in [0.4, 0.5) is 0 Å². The van der Waals surface area contributed by atoms with Crippen LogP contribution < -0.4 is 15.8 Å². The van der Waals surface area contributed by atoms with Gasteiger partial charge in [-0.1, -0.05) is 26.0 Å². The molecule has 1 fully saturated rings. The van der Waals surface area contributed by atoms with Gasteiger partial charge in [0, 0.05) is 19.0 Å². The molecule has 7 nitrogen and oxygen atoms in total. The zero-order chi connectivity index (χ0) is 22.3. The van der Waals surface area contributed by atoms with Gasteiger partial charge >= 0.3 is 0 Å². The predicted octanol–water partition coefficient (Wildman–Crippen LogP) is 3.42. The molecule has 1 aliphatic rings. The summed E-state index contributed by atoms with van der Waals surface area (Å²) in [6.45, 7) is 5.78. The number of aliphatic imine (C=N–C) groups is 1. The van der Waals surface area contributed by atoms with Gasteiger partial charge in [0.05, 0.1) is 17.7 Å². The summed E-state index contributed by atoms with van der Waals surface area (Å²) in [7, 11) is -3.68. The van der Waals surface area contributed by atoms with Crippen molar-refractivity contribution in [1.29, 1.82) is 0 Å². The Hall–Kier alpha value is -2.32. The Morgan fingerprint density at radius 2 is 1.87 bits per heavy atom. The molecule has 0 spiro atoms. The van der Waals surface area contributed by atoms with Crippen LogP contribution >= 0.6 is 0 Å². The maximum Gasteiger partial charge on any atom is 0.238 e. The van der Waals surface area contributed by atoms with Crippen LogP contribution in [0.15, 0.2) is 57.0 Å². The van der Waals surface area contributed by atoms with Gasteiger partial charge in [-0.05, 0) is 67.3 Å². The zero-order valence-electron chi connectivity index (χ0n) is 18.4. The molecule has 1 heterocycles. The number of benzene rings is 1. The topological polar surface area (TPSA) is 110 Å². The number of sulfonamides is 1. The second-order valence-electron chi connectivity index (χ2n) is 8.61. The van der Waals surface area contributed by atoms with Gasteiger partial charge in [0.15, 0.2) is 5.96 Å². The third-order valence-electron chi connectivity index (χ3n) is 5.97. The number of hydrogen-bond acceptors (Lipinski definition) is 4. The van der Waals surface area contributed by atoms with Gasteiger partial charge in [-0.15, -0.1) is 0 Å². The summed E-state index contributed by atoms with van der Waals surface area (Å²) in [6.07, 6.45) is 7.22. The lowest BCUT2D eigenvalue weighted by Crippen LogP contribution is -2.45. The number of guanidine groups is 1. The van der Waals surface area contributed by atoms with E-state index in [0.717, 1.165) is 48.4 Å². The molecule has 0 amide bonds. The molecule has 0 saturated heterocycles. The lowest BCUT2D eigenvalue weighted by molar-refractivity contribution is 0.250. The van der Waals surface area contributed by atoms with E-state index in [1.54, 1.807) is 18.4 Å². The Labute approximate surface area is 185 Å². The summed E-state index contributed by atoms with van der Waals surface area (Å²) in [4.78, 5) is 4.84. The van der Waals surface area contributed by atoms with E-state index in [-0.39, 0.29) is 4.90 Å². The van der Waals surface area contributed by atoms with Gasteiger partial charge in [-0.3, -0.25) is 0 Å². The summed E-state index contributed by atoms with van der Waals surface area (Å²) in [5, 5.41) is 12.2. The second-order valence-corrected chi connectivity index (χ2v) is 10.2. The Bertz CT molecular complexity index is 930. The summed E-state index contributed by atoms with van der Waals surface area (Å²) in [5.41, 5.74) is 0.919. The quantitative estimate of drug-likeness (QED) is 0.425. The molecule has 2 aromatic rings. The average Bonchev–Trinajstić information content (AvgIpc) is 3.25. The molecule has 170 valence electrons. The lowest BCUT2D eigenvalue weighted by Gasteiger charge is -2.32. The van der Waals surface area contributed by atoms with Gasteiger partial charge < -0.3 is 15.1 Å². The molecule has 4 N–H and O–H groups in total. The van der Waals surface area contributed by atoms with Crippen molar-refractivity contribution in [3.8, 4) is 0 Å². The van der Waals surface area contributed by atoms with E-state index in [0.29, 0.717) is 19.1 Å². The maximum atomic E-state index is 11.4. The molecular weight excluding hydrogens is 412 g/mol. The first-order valence-corrected chi connectivity index (χ1v) is 12.5. The lowest BCUT2D eigenvalue weighted by atomic mass is 9.80. The Balaban J connectivity index is 1.61. The first-order chi connectivity index (χ1) is 14.8. The van der Waals surface area contributed by atoms with Crippen LogP contribution in [0.5, 0.6) is 0 Å². The van der Waals surface area contributed by atoms with Gasteiger partial charge in [0.1, 0.15) is 5.76 Å². The van der Waals surface area contributed by atoms with Crippen LogP contribution in [0.1, 0.15) is 50.9 Å². The number of nitrogens with zero attached hydrogens (tertiary/aromatic N) is 1. The fourth-order valence-electron chi connectivity index (χ4n) is 3.99. The summed E-state index contributed by atoms with van der Waals surface area (Å²) < 4.78 is 28.3. The number of nitrogens with one attached hydrogen (secondary N) is 2. The first kappa shape index (κ1) is 23.3. The number of furan rings is 1. The van der Waals surface area contributed by atoms with E-state index in [1.807, 2.05) is 12.1 Å². The summed E-state index contributed by atoms with van der Waals surface area (Å²) >= 11 is 0. The molecule has 0 unspecified atom stereocenters. The van der Waals surface area contributed by atoms with Crippen molar-refractivity contribution >= 4 is 16.0 Å². The maximum absolute atomic E-state index is 11.4. The minimum atomic E-state index is -3.68. The van der Waals surface area contributed by atoms with E-state index < -0.39 is 10.0 Å². The van der Waals surface area contributed by atoms with Crippen molar-refractivity contribution in [3.05, 3.63) is 54.0 Å². The van der Waals surface area contributed by atoms with Crippen molar-refractivity contribution in [2.24, 2.45) is 22.0 Å². The largest absolute Gasteiger partial charge is 0.469 e. The molecule has 0 bridgehead atoms. The second kappa shape index (κ2) is 10.8. The van der Waals surface area contributed by atoms with E-state index in [4.69, 9.17) is 14.5 Å². The van der Waals surface area contributed by atoms with Crippen LogP contribution in [0, 0.1) is 11.8 Å². The van der Waals surface area contributed by atoms with Gasteiger partial charge in [-0.25, -0.2) is 18.5 Å². The third-order valence-corrected chi connectivity index (χ3v) is 6.90. The smallest absolute Gasteiger partial charge is 0.238 e. The number of nitrogens with two attached hydrogens (primary N) is 1. The highest BCUT2D eigenvalue weighted by atomic mass is 32.2. The van der Waals surface area contributed by atoms with Gasteiger partial charge in [0.2, 0.25) is 10.0 Å². The molecule has 1 aromatic carbocycles. The third kappa shape index (κ3) is 7.40. The van der Waals surface area contributed by atoms with Crippen molar-refractivity contribution in [2.75, 3.05) is 6.54 Å². The Morgan fingerprint density at radius 1 is 1.16 bits per heavy atom. The van der Waals surface area contributed by atoms with Crippen LogP contribution in [0.25, 0.3) is 0 Å². The molecule has 1 aromatic heterocycles. The predicted molar refractivity (Wildman–Crippen MR) is 123 cm³/mol. The van der Waals surface area contributed by atoms with Crippen LogP contribution in [-0.2, 0) is 23.0 Å². The molecule has 1 saturated carbocycles. The number of rotatable bonds is 8. The zero-order valence-corrected chi connectivity index (χ0v) is 19.2. The Kier molecular flexibility index (Phi) is 8.15. The average molecular weight is 447 g/mol. The normalized spacial score (nSPS) is 20.1. The van der Waals surface area contributed by atoms with Crippen molar-refractivity contribution in [3.63, 3.8) is 0 Å². The fraction of sp³-hybridized carbons (Fsp3) is 0.522. The first-order valence-electron chi connectivity index (χ1n) is 11.0. The van der Waals surface area contributed by atoms with E-state index in [9.17, 15) is 8.42 Å². The van der Waals surface area contributed by atoms with Gasteiger partial charge in [-0.2, -0.15) is 0 Å². The molecule has 3 rings (SSSR count). The highest BCUT2D eigenvalue weighted by Crippen LogP contribution is 2.29. The molecular formula is C23H34N4O3S. The van der Waals surface area contributed by atoms with Crippen molar-refractivity contribution in [1.82, 2.24) is 10.6 Å². The molecule has 1 aliphatic carbocycles. The summed E-state index contributed by atoms with van der Waals surface area (Å²) in [6, 6.07) is 10.8. The highest BCUT2D eigenvalue weighted by molar-refractivity contribution is 7.89. The Morgan fingerprint density at radius 3 is 2.45 bits per heavy atom. The molecule has 0 atom stereocenters. The number of primary sulfonamides is 1. The minimum absolute atomic E-state index is 0.108. The van der Waals surface area contributed by atoms with Crippen LogP contribution in [0.3, 0.4) is 0 Å². The van der Waals surface area contributed by atoms with E-state index >= 15 is 0 Å². The van der Waals surface area contributed by atoms with Crippen LogP contribution in [0.2, 0.25) is 0 Å². The monoisotopic (exact) mass is 446 g/mol. The molecule has 8 heteroatoms. The minimum Gasteiger partial charge on any atom is -0.469 e. The summed E-state index contributed by atoms with van der Waals surface area (Å²) in [5.74, 6) is 3.25. The number of hydrogen-bond donors (Lipinski definition) is 3. The van der Waals surface area contributed by atoms with E-state index in [2.05, 4.69) is 24.5 Å². The van der Waals surface area contributed by atoms with Crippen molar-refractivity contribution < 1.29 is 12.8 Å². The van der Waals surface area contributed by atoms with E-state index in [1.165, 1.54) is 25.0 Å². The highest BCUT2D eigenvalue weighted by Gasteiger charge is 2.23. The molecule has 0 radical (unpaired) electrons. The molecule has 31 heavy (non-hydrogen) atoms. The van der Waals surface area contributed by atoms with Gasteiger partial charge in [0.25, 0.3) is 0 Å². The van der Waals surface area contributed by atoms with Crippen molar-refractivity contribution in [2.45, 2.75) is 63.4 Å².